The zero-order valence-electron chi connectivity index (χ0n) is 12.1. The Morgan fingerprint density at radius 3 is 2.76 bits per heavy atom. The summed E-state index contributed by atoms with van der Waals surface area (Å²) in [5, 5.41) is 4.66. The minimum absolute atomic E-state index is 0.442. The Balaban J connectivity index is 1.89. The summed E-state index contributed by atoms with van der Waals surface area (Å²) >= 11 is 1.60. The molecule has 0 aromatic carbocycles. The van der Waals surface area contributed by atoms with Crippen molar-refractivity contribution in [3.05, 3.63) is 23.9 Å². The molecule has 0 bridgehead atoms. The summed E-state index contributed by atoms with van der Waals surface area (Å²) in [6, 6.07) is 3.13. The van der Waals surface area contributed by atoms with Crippen LogP contribution in [0.4, 0.5) is 13.2 Å². The number of rotatable bonds is 5. The molecule has 0 saturated heterocycles. The van der Waals surface area contributed by atoms with Gasteiger partial charge in [0.25, 0.3) is 0 Å². The van der Waals surface area contributed by atoms with Crippen LogP contribution in [0.3, 0.4) is 0 Å². The Morgan fingerprint density at radius 2 is 2.14 bits per heavy atom. The van der Waals surface area contributed by atoms with Crippen molar-refractivity contribution in [1.82, 2.24) is 10.3 Å². The SMILES string of the molecule is CCCNC1CCCC(Sc2ccc(C(F)(F)F)cn2)C1. The molecule has 0 radical (unpaired) electrons. The van der Waals surface area contributed by atoms with Crippen LogP contribution in [-0.4, -0.2) is 22.8 Å². The van der Waals surface area contributed by atoms with E-state index in [1.165, 1.54) is 18.9 Å². The second-order valence-electron chi connectivity index (χ2n) is 5.44. The minimum atomic E-state index is -4.31. The van der Waals surface area contributed by atoms with Crippen LogP contribution >= 0.6 is 11.8 Å². The Bertz CT molecular complexity index is 434. The van der Waals surface area contributed by atoms with Gasteiger partial charge >= 0.3 is 6.18 Å². The predicted molar refractivity (Wildman–Crippen MR) is 79.4 cm³/mol. The predicted octanol–water partition coefficient (Wildman–Crippen LogP) is 4.50. The zero-order valence-corrected chi connectivity index (χ0v) is 12.9. The van der Waals surface area contributed by atoms with Crippen LogP contribution in [0.25, 0.3) is 0 Å². The van der Waals surface area contributed by atoms with Crippen molar-refractivity contribution in [2.45, 2.75) is 61.5 Å². The van der Waals surface area contributed by atoms with E-state index < -0.39 is 11.7 Å². The summed E-state index contributed by atoms with van der Waals surface area (Å²) in [5.41, 5.74) is -0.682. The first-order valence-electron chi connectivity index (χ1n) is 7.42. The second-order valence-corrected chi connectivity index (χ2v) is 6.76. The third-order valence-corrected chi connectivity index (χ3v) is 4.90. The van der Waals surface area contributed by atoms with Gasteiger partial charge in [0.15, 0.2) is 0 Å². The number of thioether (sulfide) groups is 1. The molecule has 118 valence electrons. The van der Waals surface area contributed by atoms with Gasteiger partial charge in [-0.05, 0) is 44.4 Å². The molecule has 0 amide bonds. The fraction of sp³-hybridized carbons (Fsp3) is 0.667. The van der Waals surface area contributed by atoms with Gasteiger partial charge in [0.1, 0.15) is 0 Å². The van der Waals surface area contributed by atoms with Crippen LogP contribution in [0.1, 0.15) is 44.6 Å². The molecule has 2 atom stereocenters. The van der Waals surface area contributed by atoms with Crippen molar-refractivity contribution in [3.63, 3.8) is 0 Å². The average molecular weight is 318 g/mol. The molecule has 1 heterocycles. The first-order valence-corrected chi connectivity index (χ1v) is 8.30. The first-order chi connectivity index (χ1) is 9.99. The normalized spacial score (nSPS) is 23.2. The van der Waals surface area contributed by atoms with Gasteiger partial charge in [0.2, 0.25) is 0 Å². The molecular formula is C15H21F3N2S. The average Bonchev–Trinajstić information content (AvgIpc) is 2.45. The van der Waals surface area contributed by atoms with E-state index >= 15 is 0 Å². The first kappa shape index (κ1) is 16.6. The standard InChI is InChI=1S/C15H21F3N2S/c1-2-8-19-12-4-3-5-13(9-12)21-14-7-6-11(10-20-14)15(16,17)18/h6-7,10,12-13,19H,2-5,8-9H2,1H3. The van der Waals surface area contributed by atoms with Crippen LogP contribution in [0.15, 0.2) is 23.4 Å². The van der Waals surface area contributed by atoms with Gasteiger partial charge < -0.3 is 5.32 Å². The Kier molecular flexibility index (Phi) is 5.93. The molecule has 1 aliphatic rings. The van der Waals surface area contributed by atoms with Gasteiger partial charge in [0.05, 0.1) is 10.6 Å². The lowest BCUT2D eigenvalue weighted by molar-refractivity contribution is -0.137. The summed E-state index contributed by atoms with van der Waals surface area (Å²) in [6.45, 7) is 3.18. The van der Waals surface area contributed by atoms with Crippen molar-refractivity contribution >= 4 is 11.8 Å². The van der Waals surface area contributed by atoms with E-state index in [1.807, 2.05) is 0 Å². The third kappa shape index (κ3) is 5.18. The van der Waals surface area contributed by atoms with Gasteiger partial charge in [0, 0.05) is 17.5 Å². The van der Waals surface area contributed by atoms with E-state index in [-0.39, 0.29) is 0 Å². The van der Waals surface area contributed by atoms with Gasteiger partial charge in [-0.1, -0.05) is 13.3 Å². The molecule has 1 N–H and O–H groups in total. The van der Waals surface area contributed by atoms with Gasteiger partial charge in [-0.15, -0.1) is 11.8 Å². The molecule has 1 aliphatic carbocycles. The number of hydrogen-bond acceptors (Lipinski definition) is 3. The Labute approximate surface area is 127 Å². The second kappa shape index (κ2) is 7.49. The fourth-order valence-electron chi connectivity index (χ4n) is 2.57. The summed E-state index contributed by atoms with van der Waals surface area (Å²) in [6.07, 6.45) is 2.27. The maximum Gasteiger partial charge on any atom is 0.417 e. The molecule has 2 unspecified atom stereocenters. The highest BCUT2D eigenvalue weighted by Gasteiger charge is 2.31. The van der Waals surface area contributed by atoms with Crippen LogP contribution < -0.4 is 5.32 Å². The topological polar surface area (TPSA) is 24.9 Å². The number of hydrogen-bond donors (Lipinski definition) is 1. The van der Waals surface area contributed by atoms with E-state index in [9.17, 15) is 13.2 Å². The minimum Gasteiger partial charge on any atom is -0.314 e. The highest BCUT2D eigenvalue weighted by atomic mass is 32.2. The number of halogens is 3. The van der Waals surface area contributed by atoms with Crippen LogP contribution in [0.2, 0.25) is 0 Å². The van der Waals surface area contributed by atoms with E-state index in [1.54, 1.807) is 11.8 Å². The zero-order chi connectivity index (χ0) is 15.3. The molecule has 6 heteroatoms. The van der Waals surface area contributed by atoms with Gasteiger partial charge in [-0.3, -0.25) is 0 Å². The van der Waals surface area contributed by atoms with Gasteiger partial charge in [-0.25, -0.2) is 4.98 Å². The summed E-state index contributed by atoms with van der Waals surface area (Å²) < 4.78 is 37.5. The molecule has 0 aliphatic heterocycles. The van der Waals surface area contributed by atoms with E-state index in [0.29, 0.717) is 16.3 Å². The lowest BCUT2D eigenvalue weighted by Crippen LogP contribution is -2.35. The van der Waals surface area contributed by atoms with E-state index in [2.05, 4.69) is 17.2 Å². The number of aromatic nitrogens is 1. The summed E-state index contributed by atoms with van der Waals surface area (Å²) in [5.74, 6) is 0. The summed E-state index contributed by atoms with van der Waals surface area (Å²) in [4.78, 5) is 3.95. The van der Waals surface area contributed by atoms with Crippen molar-refractivity contribution < 1.29 is 13.2 Å². The molecule has 2 rings (SSSR count). The fourth-order valence-corrected chi connectivity index (χ4v) is 3.79. The number of alkyl halides is 3. The number of nitrogens with one attached hydrogen (secondary N) is 1. The van der Waals surface area contributed by atoms with E-state index in [4.69, 9.17) is 0 Å². The lowest BCUT2D eigenvalue weighted by atomic mass is 9.95. The summed E-state index contributed by atoms with van der Waals surface area (Å²) in [7, 11) is 0. The van der Waals surface area contributed by atoms with E-state index in [0.717, 1.165) is 38.1 Å². The Hall–Kier alpha value is -0.750. The molecule has 1 saturated carbocycles. The van der Waals surface area contributed by atoms with Gasteiger partial charge in [-0.2, -0.15) is 13.2 Å². The van der Waals surface area contributed by atoms with Crippen molar-refractivity contribution in [3.8, 4) is 0 Å². The molecule has 21 heavy (non-hydrogen) atoms. The molecule has 0 spiro atoms. The highest BCUT2D eigenvalue weighted by Crippen LogP contribution is 2.34. The maximum atomic E-state index is 12.5. The molecular weight excluding hydrogens is 297 g/mol. The van der Waals surface area contributed by atoms with Crippen molar-refractivity contribution in [2.24, 2.45) is 0 Å². The monoisotopic (exact) mass is 318 g/mol. The van der Waals surface area contributed by atoms with Crippen molar-refractivity contribution in [1.29, 1.82) is 0 Å². The largest absolute Gasteiger partial charge is 0.417 e. The maximum absolute atomic E-state index is 12.5. The molecule has 1 fully saturated rings. The molecule has 2 nitrogen and oxygen atoms in total. The number of pyridine rings is 1. The highest BCUT2D eigenvalue weighted by molar-refractivity contribution is 7.99. The molecule has 1 aromatic rings. The quantitative estimate of drug-likeness (QED) is 0.865. The smallest absolute Gasteiger partial charge is 0.314 e. The lowest BCUT2D eigenvalue weighted by Gasteiger charge is -2.29. The number of nitrogens with zero attached hydrogens (tertiary/aromatic N) is 1. The van der Waals surface area contributed by atoms with Crippen LogP contribution in [0, 0.1) is 0 Å². The Morgan fingerprint density at radius 1 is 1.33 bits per heavy atom. The third-order valence-electron chi connectivity index (χ3n) is 3.66. The molecule has 1 aromatic heterocycles. The van der Waals surface area contributed by atoms with Crippen molar-refractivity contribution in [2.75, 3.05) is 6.54 Å². The van der Waals surface area contributed by atoms with Crippen LogP contribution in [0.5, 0.6) is 0 Å². The van der Waals surface area contributed by atoms with Crippen LogP contribution in [-0.2, 0) is 6.18 Å².